The maximum absolute atomic E-state index is 12.6. The minimum Gasteiger partial charge on any atom is -0.354 e. The average molecular weight is 335 g/mol. The van der Waals surface area contributed by atoms with Crippen molar-refractivity contribution in [2.75, 3.05) is 18.5 Å². The van der Waals surface area contributed by atoms with Gasteiger partial charge in [0.25, 0.3) is 11.8 Å². The molecule has 4 rings (SSSR count). The highest BCUT2D eigenvalue weighted by Gasteiger charge is 2.38. The third-order valence-electron chi connectivity index (χ3n) is 5.10. The van der Waals surface area contributed by atoms with E-state index in [1.807, 2.05) is 48.3 Å². The second-order valence-corrected chi connectivity index (χ2v) is 6.63. The molecule has 0 spiro atoms. The smallest absolute Gasteiger partial charge is 0.257 e. The number of nitrogens with one attached hydrogen (secondary N) is 1. The monoisotopic (exact) mass is 335 g/mol. The zero-order valence-electron chi connectivity index (χ0n) is 14.2. The van der Waals surface area contributed by atoms with Crippen LogP contribution in [-0.2, 0) is 6.54 Å². The van der Waals surface area contributed by atoms with Crippen LogP contribution in [-0.4, -0.2) is 36.5 Å². The number of fused-ring (bicyclic) bond motifs is 2. The van der Waals surface area contributed by atoms with Crippen LogP contribution in [0.5, 0.6) is 0 Å². The zero-order chi connectivity index (χ0) is 17.4. The molecular formula is C20H21N3O2. The first-order valence-corrected chi connectivity index (χ1v) is 8.65. The lowest BCUT2D eigenvalue weighted by Crippen LogP contribution is -2.50. The van der Waals surface area contributed by atoms with Gasteiger partial charge >= 0.3 is 0 Å². The molecule has 2 aromatic rings. The first-order chi connectivity index (χ1) is 12.1. The van der Waals surface area contributed by atoms with Crippen molar-refractivity contribution >= 4 is 17.5 Å². The van der Waals surface area contributed by atoms with Gasteiger partial charge in [0.05, 0.1) is 11.3 Å². The van der Waals surface area contributed by atoms with Gasteiger partial charge in [-0.2, -0.15) is 0 Å². The Labute approximate surface area is 147 Å². The van der Waals surface area contributed by atoms with Crippen molar-refractivity contribution in [3.63, 3.8) is 0 Å². The van der Waals surface area contributed by atoms with E-state index in [4.69, 9.17) is 0 Å². The molecule has 0 aromatic heterocycles. The SMILES string of the molecule is CN1c2cc(C(=O)NCc3ccccc3)ccc2C(=O)N2CCCC21. The molecule has 2 aliphatic heterocycles. The standard InChI is InChI=1S/C20H21N3O2/c1-22-17-12-15(19(24)21-13-14-6-3-2-4-7-14)9-10-16(17)20(25)23-11-5-8-18(22)23/h2-4,6-7,9-10,12,18H,5,8,11,13H2,1H3,(H,21,24). The summed E-state index contributed by atoms with van der Waals surface area (Å²) in [5.74, 6) is -0.0480. The molecule has 5 heteroatoms. The maximum Gasteiger partial charge on any atom is 0.257 e. The Hall–Kier alpha value is -2.82. The summed E-state index contributed by atoms with van der Waals surface area (Å²) < 4.78 is 0. The van der Waals surface area contributed by atoms with Crippen molar-refractivity contribution in [2.45, 2.75) is 25.6 Å². The molecule has 1 atom stereocenters. The summed E-state index contributed by atoms with van der Waals surface area (Å²) in [6, 6.07) is 15.2. The molecule has 2 amide bonds. The number of amides is 2. The average Bonchev–Trinajstić information content (AvgIpc) is 3.15. The molecule has 2 aromatic carbocycles. The zero-order valence-corrected chi connectivity index (χ0v) is 14.2. The van der Waals surface area contributed by atoms with Crippen molar-refractivity contribution in [3.8, 4) is 0 Å². The lowest BCUT2D eigenvalue weighted by molar-refractivity contribution is 0.0719. The number of anilines is 1. The molecule has 1 fully saturated rings. The minimum absolute atomic E-state index is 0.0758. The molecule has 2 heterocycles. The molecule has 0 radical (unpaired) electrons. The van der Waals surface area contributed by atoms with E-state index >= 15 is 0 Å². The van der Waals surface area contributed by atoms with Crippen LogP contribution in [0.4, 0.5) is 5.69 Å². The molecular weight excluding hydrogens is 314 g/mol. The number of nitrogens with zero attached hydrogens (tertiary/aromatic N) is 2. The van der Waals surface area contributed by atoms with Gasteiger partial charge in [-0.1, -0.05) is 30.3 Å². The summed E-state index contributed by atoms with van der Waals surface area (Å²) >= 11 is 0. The number of carbonyl (C=O) groups is 2. The van der Waals surface area contributed by atoms with Crippen LogP contribution < -0.4 is 10.2 Å². The Bertz CT molecular complexity index is 819. The van der Waals surface area contributed by atoms with E-state index in [-0.39, 0.29) is 18.0 Å². The van der Waals surface area contributed by atoms with E-state index in [1.54, 1.807) is 12.1 Å². The molecule has 0 aliphatic carbocycles. The van der Waals surface area contributed by atoms with E-state index in [1.165, 1.54) is 0 Å². The molecule has 5 nitrogen and oxygen atoms in total. The summed E-state index contributed by atoms with van der Waals surface area (Å²) in [4.78, 5) is 29.2. The van der Waals surface area contributed by atoms with Gasteiger partial charge in [0.2, 0.25) is 0 Å². The normalized spacial score (nSPS) is 18.8. The van der Waals surface area contributed by atoms with E-state index < -0.39 is 0 Å². The highest BCUT2D eigenvalue weighted by molar-refractivity contribution is 6.04. The van der Waals surface area contributed by atoms with Crippen molar-refractivity contribution in [1.29, 1.82) is 0 Å². The summed E-state index contributed by atoms with van der Waals surface area (Å²) in [7, 11) is 2.00. The number of benzene rings is 2. The van der Waals surface area contributed by atoms with Gasteiger partial charge < -0.3 is 15.1 Å². The minimum atomic E-state index is -0.124. The molecule has 1 unspecified atom stereocenters. The second kappa shape index (κ2) is 6.24. The van der Waals surface area contributed by atoms with Crippen LogP contribution in [0.25, 0.3) is 0 Å². The predicted octanol–water partition coefficient (Wildman–Crippen LogP) is 2.63. The van der Waals surface area contributed by atoms with Crippen molar-refractivity contribution in [2.24, 2.45) is 0 Å². The quantitative estimate of drug-likeness (QED) is 0.938. The van der Waals surface area contributed by atoms with Gasteiger partial charge in [0.15, 0.2) is 0 Å². The predicted molar refractivity (Wildman–Crippen MR) is 96.5 cm³/mol. The van der Waals surface area contributed by atoms with Crippen molar-refractivity contribution < 1.29 is 9.59 Å². The summed E-state index contributed by atoms with van der Waals surface area (Å²) in [5.41, 5.74) is 3.17. The molecule has 1 saturated heterocycles. The van der Waals surface area contributed by atoms with Gasteiger partial charge in [0.1, 0.15) is 6.17 Å². The Morgan fingerprint density at radius 2 is 2.00 bits per heavy atom. The van der Waals surface area contributed by atoms with Crippen molar-refractivity contribution in [3.05, 3.63) is 65.2 Å². The van der Waals surface area contributed by atoms with E-state index in [2.05, 4.69) is 10.2 Å². The van der Waals surface area contributed by atoms with Crippen LogP contribution >= 0.6 is 0 Å². The van der Waals surface area contributed by atoms with Crippen molar-refractivity contribution in [1.82, 2.24) is 10.2 Å². The number of rotatable bonds is 3. The van der Waals surface area contributed by atoms with Crippen LogP contribution in [0, 0.1) is 0 Å². The van der Waals surface area contributed by atoms with Crippen LogP contribution in [0.3, 0.4) is 0 Å². The molecule has 2 aliphatic rings. The first-order valence-electron chi connectivity index (χ1n) is 8.65. The third kappa shape index (κ3) is 2.76. The van der Waals surface area contributed by atoms with Gasteiger partial charge in [-0.15, -0.1) is 0 Å². The number of hydrogen-bond donors (Lipinski definition) is 1. The topological polar surface area (TPSA) is 52.7 Å². The summed E-state index contributed by atoms with van der Waals surface area (Å²) in [5, 5.41) is 2.94. The first kappa shape index (κ1) is 15.7. The number of carbonyl (C=O) groups excluding carboxylic acids is 2. The van der Waals surface area contributed by atoms with Crippen LogP contribution in [0.2, 0.25) is 0 Å². The molecule has 128 valence electrons. The Morgan fingerprint density at radius 1 is 1.20 bits per heavy atom. The molecule has 0 saturated carbocycles. The lowest BCUT2D eigenvalue weighted by Gasteiger charge is -2.40. The van der Waals surface area contributed by atoms with E-state index in [9.17, 15) is 9.59 Å². The van der Waals surface area contributed by atoms with Gasteiger partial charge in [-0.3, -0.25) is 9.59 Å². The van der Waals surface area contributed by atoms with Gasteiger partial charge in [0, 0.05) is 25.7 Å². The van der Waals surface area contributed by atoms with E-state index in [0.29, 0.717) is 17.7 Å². The fraction of sp³-hybridized carbons (Fsp3) is 0.300. The van der Waals surface area contributed by atoms with Gasteiger partial charge in [-0.05, 0) is 36.6 Å². The Balaban J connectivity index is 1.55. The summed E-state index contributed by atoms with van der Waals surface area (Å²) in [6.45, 7) is 1.30. The summed E-state index contributed by atoms with van der Waals surface area (Å²) in [6.07, 6.45) is 2.12. The van der Waals surface area contributed by atoms with Crippen LogP contribution in [0.1, 0.15) is 39.1 Å². The molecule has 25 heavy (non-hydrogen) atoms. The molecule has 0 bridgehead atoms. The fourth-order valence-corrected chi connectivity index (χ4v) is 3.73. The van der Waals surface area contributed by atoms with Crippen LogP contribution in [0.15, 0.2) is 48.5 Å². The highest BCUT2D eigenvalue weighted by Crippen LogP contribution is 2.35. The highest BCUT2D eigenvalue weighted by atomic mass is 16.2. The van der Waals surface area contributed by atoms with Gasteiger partial charge in [-0.25, -0.2) is 0 Å². The Kier molecular flexibility index (Phi) is 3.92. The van der Waals surface area contributed by atoms with E-state index in [0.717, 1.165) is 30.6 Å². The third-order valence-corrected chi connectivity index (χ3v) is 5.10. The fourth-order valence-electron chi connectivity index (χ4n) is 3.73. The Morgan fingerprint density at radius 3 is 2.80 bits per heavy atom. The number of hydrogen-bond acceptors (Lipinski definition) is 3. The second-order valence-electron chi connectivity index (χ2n) is 6.63. The lowest BCUT2D eigenvalue weighted by atomic mass is 10.0. The largest absolute Gasteiger partial charge is 0.354 e. The molecule has 1 N–H and O–H groups in total. The maximum atomic E-state index is 12.6.